The van der Waals surface area contributed by atoms with E-state index in [1.54, 1.807) is 36.5 Å². The van der Waals surface area contributed by atoms with Crippen LogP contribution in [0.25, 0.3) is 79.2 Å². The van der Waals surface area contributed by atoms with E-state index in [1.165, 1.54) is 0 Å². The molecule has 0 radical (unpaired) electrons. The lowest BCUT2D eigenvalue weighted by molar-refractivity contribution is 0.477. The second kappa shape index (κ2) is 19.0. The minimum Gasteiger partial charge on any atom is -0.453 e. The molecule has 0 unspecified atom stereocenters. The fourth-order valence-corrected chi connectivity index (χ4v) is 10.9. The summed E-state index contributed by atoms with van der Waals surface area (Å²) in [6, 6.07) is 70.2. The molecule has 0 aliphatic carbocycles. The SMILES string of the molecule is c1ccc(-c2cc(-c3cccnc3)nc(-c3cc(-c4cc(N5c6ccccc6Oc6ccccc65)cc(N5c6ccccc6Sc6ccccc65)c4)cc(-c4nc(-c5cccnc5)cc(-c5ccccn5)n4)c3)n2)nc1. The van der Waals surface area contributed by atoms with Crippen LogP contribution in [0, 0.1) is 0 Å². The Balaban J connectivity index is 1.06. The number of nitrogens with zero attached hydrogens (tertiary/aromatic N) is 10. The summed E-state index contributed by atoms with van der Waals surface area (Å²) in [7, 11) is 0. The Morgan fingerprint density at radius 1 is 0.316 bits per heavy atom. The molecule has 11 nitrogen and oxygen atoms in total. The number of anilines is 6. The maximum absolute atomic E-state index is 6.58. The van der Waals surface area contributed by atoms with Crippen molar-refractivity contribution in [3.8, 4) is 90.7 Å². The largest absolute Gasteiger partial charge is 0.453 e. The first kappa shape index (κ1) is 44.5. The number of fused-ring (bicyclic) bond motifs is 4. The lowest BCUT2D eigenvalue weighted by Gasteiger charge is -2.36. The molecule has 0 amide bonds. The lowest BCUT2D eigenvalue weighted by Crippen LogP contribution is -2.18. The smallest absolute Gasteiger partial charge is 0.160 e. The summed E-state index contributed by atoms with van der Waals surface area (Å²) >= 11 is 1.78. The number of benzene rings is 6. The molecule has 358 valence electrons. The van der Waals surface area contributed by atoms with Gasteiger partial charge >= 0.3 is 0 Å². The Hall–Kier alpha value is -10.2. The van der Waals surface area contributed by atoms with Crippen molar-refractivity contribution < 1.29 is 4.74 Å². The maximum atomic E-state index is 6.58. The van der Waals surface area contributed by atoms with Gasteiger partial charge in [0.2, 0.25) is 0 Å². The first-order chi connectivity index (χ1) is 37.6. The number of ether oxygens (including phenoxy) is 1. The average molecular weight is 997 g/mol. The number of hydrogen-bond acceptors (Lipinski definition) is 12. The van der Waals surface area contributed by atoms with Crippen LogP contribution in [-0.2, 0) is 0 Å². The highest BCUT2D eigenvalue weighted by Gasteiger charge is 2.30. The van der Waals surface area contributed by atoms with E-state index in [9.17, 15) is 0 Å². The Morgan fingerprint density at radius 3 is 1.24 bits per heavy atom. The molecular formula is C64H40N10OS. The molecule has 0 atom stereocenters. The highest BCUT2D eigenvalue weighted by molar-refractivity contribution is 7.99. The van der Waals surface area contributed by atoms with Crippen molar-refractivity contribution in [1.82, 2.24) is 39.9 Å². The van der Waals surface area contributed by atoms with Gasteiger partial charge in [-0.25, -0.2) is 19.9 Å². The van der Waals surface area contributed by atoms with E-state index >= 15 is 0 Å². The monoisotopic (exact) mass is 996 g/mol. The highest BCUT2D eigenvalue weighted by atomic mass is 32.2. The van der Waals surface area contributed by atoms with Gasteiger partial charge in [0, 0.05) is 80.6 Å². The molecule has 12 aromatic rings. The van der Waals surface area contributed by atoms with Crippen LogP contribution in [0.3, 0.4) is 0 Å². The predicted octanol–water partition coefficient (Wildman–Crippen LogP) is 16.0. The van der Waals surface area contributed by atoms with Crippen molar-refractivity contribution in [2.45, 2.75) is 9.79 Å². The van der Waals surface area contributed by atoms with E-state index in [0.717, 1.165) is 88.8 Å². The van der Waals surface area contributed by atoms with E-state index < -0.39 is 0 Å². The summed E-state index contributed by atoms with van der Waals surface area (Å²) in [6.45, 7) is 0. The molecule has 6 aromatic heterocycles. The summed E-state index contributed by atoms with van der Waals surface area (Å²) in [5.41, 5.74) is 15.0. The van der Waals surface area contributed by atoms with Gasteiger partial charge in [0.05, 0.1) is 56.9 Å². The standard InChI is InChI=1S/C64H40N10OS/c1-5-23-59-55(19-1)73(56-20-2-6-24-60(56)75-59)47-34-44(35-48(36-47)74-57-21-3-7-25-61(57)76-62-26-8-4-22-58(62)74)43-31-45(63-69-51(41-15-13-27-65-39-41)37-53(71-63)49-17-9-11-29-67-49)33-46(32-43)64-70-52(42-16-14-28-66-40-42)38-54(72-64)50-18-10-12-30-68-50/h1-40H. The third-order valence-electron chi connectivity index (χ3n) is 13.3. The van der Waals surface area contributed by atoms with Gasteiger partial charge < -0.3 is 14.5 Å². The predicted molar refractivity (Wildman–Crippen MR) is 300 cm³/mol. The van der Waals surface area contributed by atoms with Crippen LogP contribution in [0.4, 0.5) is 34.1 Å². The summed E-state index contributed by atoms with van der Waals surface area (Å²) in [5.74, 6) is 2.49. The zero-order valence-corrected chi connectivity index (χ0v) is 41.2. The zero-order chi connectivity index (χ0) is 50.4. The van der Waals surface area contributed by atoms with Crippen molar-refractivity contribution in [2.24, 2.45) is 0 Å². The van der Waals surface area contributed by atoms with Crippen molar-refractivity contribution in [1.29, 1.82) is 0 Å². The molecule has 0 spiro atoms. The van der Waals surface area contributed by atoms with Crippen LogP contribution in [0.1, 0.15) is 0 Å². The van der Waals surface area contributed by atoms with Gasteiger partial charge in [0.1, 0.15) is 0 Å². The van der Waals surface area contributed by atoms with E-state index in [-0.39, 0.29) is 0 Å². The summed E-state index contributed by atoms with van der Waals surface area (Å²) in [6.07, 6.45) is 10.7. The highest BCUT2D eigenvalue weighted by Crippen LogP contribution is 2.55. The molecule has 2 aliphatic heterocycles. The number of hydrogen-bond donors (Lipinski definition) is 0. The average Bonchev–Trinajstić information content (AvgIpc) is 3.50. The molecule has 76 heavy (non-hydrogen) atoms. The van der Waals surface area contributed by atoms with Crippen molar-refractivity contribution in [3.63, 3.8) is 0 Å². The molecule has 12 heteroatoms. The molecular weight excluding hydrogens is 957 g/mol. The molecule has 0 fully saturated rings. The van der Waals surface area contributed by atoms with Crippen molar-refractivity contribution in [2.75, 3.05) is 9.80 Å². The van der Waals surface area contributed by atoms with Crippen LogP contribution in [0.5, 0.6) is 11.5 Å². The molecule has 0 bridgehead atoms. The van der Waals surface area contributed by atoms with Gasteiger partial charge in [0.25, 0.3) is 0 Å². The Kier molecular flexibility index (Phi) is 11.1. The third-order valence-corrected chi connectivity index (χ3v) is 14.4. The fourth-order valence-electron chi connectivity index (χ4n) is 9.81. The molecule has 6 aromatic carbocycles. The Bertz CT molecular complexity index is 3680. The van der Waals surface area contributed by atoms with Gasteiger partial charge in [-0.3, -0.25) is 19.9 Å². The third kappa shape index (κ3) is 8.34. The van der Waals surface area contributed by atoms with Crippen LogP contribution < -0.4 is 14.5 Å². The summed E-state index contributed by atoms with van der Waals surface area (Å²) in [5, 5.41) is 0. The van der Waals surface area contributed by atoms with Crippen LogP contribution in [-0.4, -0.2) is 39.9 Å². The van der Waals surface area contributed by atoms with Gasteiger partial charge in [-0.15, -0.1) is 0 Å². The number of aromatic nitrogens is 8. The lowest BCUT2D eigenvalue weighted by atomic mass is 9.96. The molecule has 8 heterocycles. The van der Waals surface area contributed by atoms with E-state index in [1.807, 2.05) is 109 Å². The molecule has 14 rings (SSSR count). The van der Waals surface area contributed by atoms with E-state index in [0.29, 0.717) is 45.8 Å². The van der Waals surface area contributed by atoms with Crippen LogP contribution >= 0.6 is 11.8 Å². The first-order valence-corrected chi connectivity index (χ1v) is 25.5. The first-order valence-electron chi connectivity index (χ1n) is 24.7. The van der Waals surface area contributed by atoms with E-state index in [4.69, 9.17) is 34.6 Å². The fraction of sp³-hybridized carbons (Fsp3) is 0. The van der Waals surface area contributed by atoms with E-state index in [2.05, 4.69) is 129 Å². The van der Waals surface area contributed by atoms with Gasteiger partial charge in [-0.2, -0.15) is 0 Å². The minimum atomic E-state index is 0.488. The topological polar surface area (TPSA) is 119 Å². The summed E-state index contributed by atoms with van der Waals surface area (Å²) in [4.78, 5) is 46.6. The van der Waals surface area contributed by atoms with Crippen LogP contribution in [0.15, 0.2) is 253 Å². The van der Waals surface area contributed by atoms with Gasteiger partial charge in [-0.05, 0) is 157 Å². The van der Waals surface area contributed by atoms with Crippen LogP contribution in [0.2, 0.25) is 0 Å². The molecule has 0 saturated heterocycles. The Morgan fingerprint density at radius 2 is 0.750 bits per heavy atom. The summed E-state index contributed by atoms with van der Waals surface area (Å²) < 4.78 is 6.58. The van der Waals surface area contributed by atoms with Crippen molar-refractivity contribution in [3.05, 3.63) is 243 Å². The second-order valence-corrected chi connectivity index (χ2v) is 19.2. The second-order valence-electron chi connectivity index (χ2n) is 18.1. The van der Waals surface area contributed by atoms with Gasteiger partial charge in [0.15, 0.2) is 23.1 Å². The zero-order valence-electron chi connectivity index (χ0n) is 40.4. The number of rotatable bonds is 9. The molecule has 2 aliphatic rings. The minimum absolute atomic E-state index is 0.488. The quantitative estimate of drug-likeness (QED) is 0.137. The number of pyridine rings is 4. The number of para-hydroxylation sites is 6. The molecule has 0 saturated carbocycles. The van der Waals surface area contributed by atoms with Crippen molar-refractivity contribution >= 4 is 45.9 Å². The van der Waals surface area contributed by atoms with Gasteiger partial charge in [-0.1, -0.05) is 72.4 Å². The normalized spacial score (nSPS) is 12.2. The Labute approximate surface area is 442 Å². The maximum Gasteiger partial charge on any atom is 0.160 e. The molecule has 0 N–H and O–H groups in total.